The Morgan fingerprint density at radius 3 is 2.54 bits per heavy atom. The minimum Gasteiger partial charge on any atom is -0.465 e. The van der Waals surface area contributed by atoms with Crippen LogP contribution in [-0.2, 0) is 19.0 Å². The van der Waals surface area contributed by atoms with Crippen LogP contribution in [-0.4, -0.2) is 43.8 Å². The molecular weight excluding hydrogens is 334 g/mol. The summed E-state index contributed by atoms with van der Waals surface area (Å²) >= 11 is 0.998. The zero-order valence-electron chi connectivity index (χ0n) is 14.1. The van der Waals surface area contributed by atoms with Gasteiger partial charge in [-0.3, -0.25) is 4.79 Å². The Morgan fingerprint density at radius 2 is 2.00 bits per heavy atom. The maximum atomic E-state index is 12.4. The van der Waals surface area contributed by atoms with Crippen molar-refractivity contribution in [1.29, 1.82) is 0 Å². The van der Waals surface area contributed by atoms with Crippen molar-refractivity contribution in [2.75, 3.05) is 19.0 Å². The van der Waals surface area contributed by atoms with Gasteiger partial charge in [-0.25, -0.2) is 9.59 Å². The highest BCUT2D eigenvalue weighted by Gasteiger charge is 2.30. The van der Waals surface area contributed by atoms with Gasteiger partial charge in [-0.15, -0.1) is 11.3 Å². The summed E-state index contributed by atoms with van der Waals surface area (Å²) in [5.41, 5.74) is 0.612. The smallest absolute Gasteiger partial charge is 0.348 e. The summed E-state index contributed by atoms with van der Waals surface area (Å²) in [6.45, 7) is 5.62. The molecule has 1 atom stereocenters. The Kier molecular flexibility index (Phi) is 5.95. The summed E-state index contributed by atoms with van der Waals surface area (Å²) < 4.78 is 15.3. The molecule has 0 aromatic carbocycles. The van der Waals surface area contributed by atoms with Gasteiger partial charge in [-0.1, -0.05) is 0 Å². The number of anilines is 1. The van der Waals surface area contributed by atoms with Crippen LogP contribution in [0.25, 0.3) is 0 Å². The van der Waals surface area contributed by atoms with Crippen LogP contribution in [0.1, 0.15) is 52.3 Å². The molecule has 8 heteroatoms. The van der Waals surface area contributed by atoms with Gasteiger partial charge in [0.2, 0.25) is 0 Å². The van der Waals surface area contributed by atoms with Crippen molar-refractivity contribution in [1.82, 2.24) is 0 Å². The third-order valence-corrected chi connectivity index (χ3v) is 4.71. The van der Waals surface area contributed by atoms with Gasteiger partial charge in [0.05, 0.1) is 18.8 Å². The van der Waals surface area contributed by atoms with Crippen LogP contribution in [0.2, 0.25) is 0 Å². The normalized spacial score (nSPS) is 17.0. The molecule has 0 aliphatic carbocycles. The Hall–Kier alpha value is -1.93. The number of hydrogen-bond acceptors (Lipinski definition) is 7. The standard InChI is InChI=1S/C16H21NO6S/c1-8(2)23-15(19)11-9(3)12(16(20)21-4)24-14(11)17-13(18)10-6-5-7-22-10/h8,10H,5-7H2,1-4H3,(H,17,18)/t10-/m1/s1. The van der Waals surface area contributed by atoms with E-state index < -0.39 is 18.0 Å². The van der Waals surface area contributed by atoms with E-state index in [1.54, 1.807) is 20.8 Å². The Morgan fingerprint density at radius 1 is 1.29 bits per heavy atom. The summed E-state index contributed by atoms with van der Waals surface area (Å²) in [5, 5.41) is 2.97. The van der Waals surface area contributed by atoms with Gasteiger partial charge in [-0.2, -0.15) is 0 Å². The van der Waals surface area contributed by atoms with Gasteiger partial charge in [0.25, 0.3) is 5.91 Å². The van der Waals surface area contributed by atoms with Gasteiger partial charge >= 0.3 is 11.9 Å². The second kappa shape index (κ2) is 7.76. The van der Waals surface area contributed by atoms with Crippen LogP contribution in [0.15, 0.2) is 0 Å². The number of carbonyl (C=O) groups is 3. The molecule has 2 rings (SSSR count). The summed E-state index contributed by atoms with van der Waals surface area (Å²) in [6.07, 6.45) is 0.589. The number of nitrogens with one attached hydrogen (secondary N) is 1. The second-order valence-corrected chi connectivity index (χ2v) is 6.72. The summed E-state index contributed by atoms with van der Waals surface area (Å²) in [5.74, 6) is -1.48. The number of amides is 1. The van der Waals surface area contributed by atoms with Crippen molar-refractivity contribution in [3.05, 3.63) is 16.0 Å². The highest BCUT2D eigenvalue weighted by molar-refractivity contribution is 7.18. The van der Waals surface area contributed by atoms with Crippen LogP contribution in [0.4, 0.5) is 5.00 Å². The highest BCUT2D eigenvalue weighted by Crippen LogP contribution is 2.35. The lowest BCUT2D eigenvalue weighted by Gasteiger charge is -2.12. The maximum Gasteiger partial charge on any atom is 0.348 e. The van der Waals surface area contributed by atoms with Gasteiger partial charge in [-0.05, 0) is 39.2 Å². The van der Waals surface area contributed by atoms with Crippen molar-refractivity contribution < 1.29 is 28.6 Å². The van der Waals surface area contributed by atoms with Crippen LogP contribution in [0.3, 0.4) is 0 Å². The van der Waals surface area contributed by atoms with Crippen molar-refractivity contribution in [2.24, 2.45) is 0 Å². The van der Waals surface area contributed by atoms with Crippen LogP contribution in [0, 0.1) is 6.92 Å². The third-order valence-electron chi connectivity index (χ3n) is 3.52. The zero-order valence-corrected chi connectivity index (χ0v) is 15.0. The first-order valence-electron chi connectivity index (χ1n) is 7.70. The summed E-state index contributed by atoms with van der Waals surface area (Å²) in [6, 6.07) is 0. The van der Waals surface area contributed by atoms with Crippen molar-refractivity contribution >= 4 is 34.2 Å². The largest absolute Gasteiger partial charge is 0.465 e. The molecular formula is C16H21NO6S. The molecule has 24 heavy (non-hydrogen) atoms. The molecule has 0 unspecified atom stereocenters. The molecule has 1 aromatic heterocycles. The van der Waals surface area contributed by atoms with E-state index in [2.05, 4.69) is 5.32 Å². The summed E-state index contributed by atoms with van der Waals surface area (Å²) in [4.78, 5) is 36.8. The quantitative estimate of drug-likeness (QED) is 0.816. The number of ether oxygens (including phenoxy) is 3. The van der Waals surface area contributed by atoms with E-state index in [9.17, 15) is 14.4 Å². The van der Waals surface area contributed by atoms with Gasteiger partial charge in [0.1, 0.15) is 16.0 Å². The predicted octanol–water partition coefficient (Wildman–Crippen LogP) is 2.53. The van der Waals surface area contributed by atoms with E-state index in [1.165, 1.54) is 7.11 Å². The Labute approximate surface area is 144 Å². The zero-order chi connectivity index (χ0) is 17.9. The lowest BCUT2D eigenvalue weighted by molar-refractivity contribution is -0.124. The molecule has 1 aromatic rings. The average Bonchev–Trinajstić information content (AvgIpc) is 3.14. The van der Waals surface area contributed by atoms with E-state index in [0.29, 0.717) is 18.6 Å². The molecule has 0 radical (unpaired) electrons. The van der Waals surface area contributed by atoms with Gasteiger partial charge in [0.15, 0.2) is 0 Å². The van der Waals surface area contributed by atoms with Gasteiger partial charge in [0, 0.05) is 6.61 Å². The first-order chi connectivity index (χ1) is 11.3. The van der Waals surface area contributed by atoms with Crippen LogP contribution < -0.4 is 5.32 Å². The third kappa shape index (κ3) is 3.93. The van der Waals surface area contributed by atoms with Crippen molar-refractivity contribution in [3.63, 3.8) is 0 Å². The number of carbonyl (C=O) groups excluding carboxylic acids is 3. The fraction of sp³-hybridized carbons (Fsp3) is 0.562. The molecule has 1 aliphatic heterocycles. The molecule has 132 valence electrons. The average molecular weight is 355 g/mol. The molecule has 1 fully saturated rings. The minimum atomic E-state index is -0.587. The molecule has 2 heterocycles. The number of methoxy groups -OCH3 is 1. The molecule has 1 aliphatic rings. The van der Waals surface area contributed by atoms with Crippen LogP contribution >= 0.6 is 11.3 Å². The fourth-order valence-electron chi connectivity index (χ4n) is 2.38. The Balaban J connectivity index is 2.34. The van der Waals surface area contributed by atoms with E-state index in [-0.39, 0.29) is 27.5 Å². The molecule has 1 N–H and O–H groups in total. The van der Waals surface area contributed by atoms with E-state index in [0.717, 1.165) is 17.8 Å². The van der Waals surface area contributed by atoms with E-state index in [4.69, 9.17) is 14.2 Å². The molecule has 1 saturated heterocycles. The topological polar surface area (TPSA) is 90.9 Å². The number of esters is 2. The van der Waals surface area contributed by atoms with E-state index >= 15 is 0 Å². The van der Waals surface area contributed by atoms with Crippen molar-refractivity contribution in [2.45, 2.75) is 45.8 Å². The molecule has 0 saturated carbocycles. The van der Waals surface area contributed by atoms with Crippen LogP contribution in [0.5, 0.6) is 0 Å². The lowest BCUT2D eigenvalue weighted by Crippen LogP contribution is -2.27. The first kappa shape index (κ1) is 18.4. The van der Waals surface area contributed by atoms with Gasteiger partial charge < -0.3 is 19.5 Å². The minimum absolute atomic E-state index is 0.181. The molecule has 0 spiro atoms. The monoisotopic (exact) mass is 355 g/mol. The number of rotatable bonds is 5. The SMILES string of the molecule is COC(=O)c1sc(NC(=O)[C@H]2CCCO2)c(C(=O)OC(C)C)c1C. The first-order valence-corrected chi connectivity index (χ1v) is 8.52. The van der Waals surface area contributed by atoms with Crippen molar-refractivity contribution in [3.8, 4) is 0 Å². The molecule has 1 amide bonds. The predicted molar refractivity (Wildman–Crippen MR) is 88.6 cm³/mol. The van der Waals surface area contributed by atoms with E-state index in [1.807, 2.05) is 0 Å². The molecule has 0 bridgehead atoms. The summed E-state index contributed by atoms with van der Waals surface area (Å²) in [7, 11) is 1.26. The lowest BCUT2D eigenvalue weighted by atomic mass is 10.1. The molecule has 7 nitrogen and oxygen atoms in total. The fourth-order valence-corrected chi connectivity index (χ4v) is 3.50. The number of hydrogen-bond donors (Lipinski definition) is 1. The maximum absolute atomic E-state index is 12.4. The second-order valence-electron chi connectivity index (χ2n) is 5.70. The Bertz CT molecular complexity index is 645. The number of thiophene rings is 1. The highest BCUT2D eigenvalue weighted by atomic mass is 32.1.